The smallest absolute Gasteiger partial charge is 0.307 e. The van der Waals surface area contributed by atoms with Crippen LogP contribution in [0.25, 0.3) is 0 Å². The first-order valence-corrected chi connectivity index (χ1v) is 8.42. The molecule has 3 rings (SSSR count). The van der Waals surface area contributed by atoms with Gasteiger partial charge in [-0.2, -0.15) is 0 Å². The minimum absolute atomic E-state index is 0.0767. The normalized spacial score (nSPS) is 24.7. The number of carbonyl (C=O) groups is 3. The monoisotopic (exact) mass is 334 g/mol. The van der Waals surface area contributed by atoms with Crippen molar-refractivity contribution in [3.8, 4) is 0 Å². The van der Waals surface area contributed by atoms with Crippen molar-refractivity contribution in [3.63, 3.8) is 0 Å². The van der Waals surface area contributed by atoms with Crippen molar-refractivity contribution in [1.29, 1.82) is 0 Å². The Bertz CT molecular complexity index is 605. The average Bonchev–Trinajstić information content (AvgIpc) is 3.15. The lowest BCUT2D eigenvalue weighted by atomic mass is 9.78. The quantitative estimate of drug-likeness (QED) is 0.903. The Kier molecular flexibility index (Phi) is 4.87. The molecule has 1 aliphatic carbocycles. The topological polar surface area (TPSA) is 91.1 Å². The summed E-state index contributed by atoms with van der Waals surface area (Å²) in [4.78, 5) is 39.7. The van der Waals surface area contributed by atoms with Gasteiger partial charge in [-0.15, -0.1) is 0 Å². The van der Waals surface area contributed by atoms with Gasteiger partial charge in [-0.3, -0.25) is 14.4 Å². The van der Waals surface area contributed by atoms with E-state index in [2.05, 4.69) is 0 Å². The molecule has 2 amide bonds. The van der Waals surface area contributed by atoms with E-state index in [-0.39, 0.29) is 11.8 Å². The molecule has 1 saturated heterocycles. The lowest BCUT2D eigenvalue weighted by molar-refractivity contribution is -0.152. The molecule has 2 heterocycles. The molecule has 7 heteroatoms. The van der Waals surface area contributed by atoms with Crippen molar-refractivity contribution in [1.82, 2.24) is 9.80 Å². The van der Waals surface area contributed by atoms with Crippen LogP contribution in [0.2, 0.25) is 0 Å². The van der Waals surface area contributed by atoms with Crippen molar-refractivity contribution in [2.45, 2.75) is 25.7 Å². The van der Waals surface area contributed by atoms with E-state index in [1.807, 2.05) is 0 Å². The predicted octanol–water partition coefficient (Wildman–Crippen LogP) is 1.45. The number of amides is 2. The van der Waals surface area contributed by atoms with Crippen LogP contribution in [0.15, 0.2) is 22.8 Å². The van der Waals surface area contributed by atoms with Gasteiger partial charge in [0.15, 0.2) is 5.76 Å². The zero-order valence-corrected chi connectivity index (χ0v) is 13.5. The maximum absolute atomic E-state index is 12.7. The Labute approximate surface area is 140 Å². The Morgan fingerprint density at radius 2 is 1.62 bits per heavy atom. The summed E-state index contributed by atoms with van der Waals surface area (Å²) in [6.45, 7) is 1.76. The van der Waals surface area contributed by atoms with E-state index in [4.69, 9.17) is 4.42 Å². The fraction of sp³-hybridized carbons (Fsp3) is 0.588. The van der Waals surface area contributed by atoms with E-state index < -0.39 is 17.8 Å². The van der Waals surface area contributed by atoms with Gasteiger partial charge in [0.1, 0.15) is 0 Å². The predicted molar refractivity (Wildman–Crippen MR) is 84.3 cm³/mol. The second kappa shape index (κ2) is 7.07. The maximum Gasteiger partial charge on any atom is 0.307 e. The highest BCUT2D eigenvalue weighted by atomic mass is 16.4. The number of hydrogen-bond acceptors (Lipinski definition) is 4. The van der Waals surface area contributed by atoms with Crippen LogP contribution in [0.4, 0.5) is 0 Å². The molecule has 2 fully saturated rings. The first-order chi connectivity index (χ1) is 11.6. The van der Waals surface area contributed by atoms with Crippen LogP contribution < -0.4 is 0 Å². The highest BCUT2D eigenvalue weighted by Gasteiger charge is 2.38. The van der Waals surface area contributed by atoms with Gasteiger partial charge in [-0.05, 0) is 25.0 Å². The summed E-state index contributed by atoms with van der Waals surface area (Å²) in [5.74, 6) is -1.83. The van der Waals surface area contributed by atoms with Crippen LogP contribution in [0.3, 0.4) is 0 Å². The summed E-state index contributed by atoms with van der Waals surface area (Å²) >= 11 is 0. The van der Waals surface area contributed by atoms with Crippen molar-refractivity contribution < 1.29 is 23.9 Å². The van der Waals surface area contributed by atoms with E-state index in [1.54, 1.807) is 21.9 Å². The first-order valence-electron chi connectivity index (χ1n) is 8.42. The Morgan fingerprint density at radius 3 is 2.21 bits per heavy atom. The fourth-order valence-corrected chi connectivity index (χ4v) is 3.64. The molecular formula is C17H22N2O5. The van der Waals surface area contributed by atoms with Gasteiger partial charge in [0.2, 0.25) is 5.91 Å². The summed E-state index contributed by atoms with van der Waals surface area (Å²) in [7, 11) is 0. The highest BCUT2D eigenvalue weighted by Crippen LogP contribution is 2.32. The van der Waals surface area contributed by atoms with Crippen LogP contribution in [-0.4, -0.2) is 58.9 Å². The summed E-state index contributed by atoms with van der Waals surface area (Å²) < 4.78 is 5.12. The summed E-state index contributed by atoms with van der Waals surface area (Å²) in [6.07, 6.45) is 4.44. The third-order valence-electron chi connectivity index (χ3n) is 5.01. The van der Waals surface area contributed by atoms with Gasteiger partial charge in [-0.25, -0.2) is 0 Å². The molecule has 2 atom stereocenters. The van der Waals surface area contributed by atoms with Crippen LogP contribution >= 0.6 is 0 Å². The Morgan fingerprint density at radius 1 is 1.00 bits per heavy atom. The van der Waals surface area contributed by atoms with E-state index >= 15 is 0 Å². The number of hydrogen-bond donors (Lipinski definition) is 1. The van der Waals surface area contributed by atoms with Crippen LogP contribution in [0.5, 0.6) is 0 Å². The highest BCUT2D eigenvalue weighted by molar-refractivity contribution is 5.91. The molecule has 0 radical (unpaired) electrons. The largest absolute Gasteiger partial charge is 0.481 e. The van der Waals surface area contributed by atoms with Crippen molar-refractivity contribution >= 4 is 17.8 Å². The van der Waals surface area contributed by atoms with Gasteiger partial charge in [-0.1, -0.05) is 12.8 Å². The molecule has 1 aromatic heterocycles. The third-order valence-corrected chi connectivity index (χ3v) is 5.01. The minimum atomic E-state index is -0.875. The summed E-state index contributed by atoms with van der Waals surface area (Å²) in [5, 5.41) is 9.34. The molecule has 0 aromatic carbocycles. The van der Waals surface area contributed by atoms with Crippen LogP contribution in [-0.2, 0) is 9.59 Å². The molecule has 24 heavy (non-hydrogen) atoms. The first kappa shape index (κ1) is 16.5. The third kappa shape index (κ3) is 3.29. The van der Waals surface area contributed by atoms with E-state index in [0.29, 0.717) is 44.8 Å². The number of piperazine rings is 1. The number of carboxylic acid groups (broad SMARTS) is 1. The number of nitrogens with zero attached hydrogens (tertiary/aromatic N) is 2. The second-order valence-electron chi connectivity index (χ2n) is 6.43. The SMILES string of the molecule is O=C(O)[C@H]1CCCC[C@H]1C(=O)N1CCN(C(=O)c2ccco2)CC1. The van der Waals surface area contributed by atoms with Gasteiger partial charge < -0.3 is 19.3 Å². The summed E-state index contributed by atoms with van der Waals surface area (Å²) in [5.41, 5.74) is 0. The standard InChI is InChI=1S/C17H22N2O5/c20-15(12-4-1-2-5-13(12)17(22)23)18-7-9-19(10-8-18)16(21)14-6-3-11-24-14/h3,6,11-13H,1-2,4-5,7-10H2,(H,22,23)/t12-,13+/m1/s1. The zero-order valence-electron chi connectivity index (χ0n) is 13.5. The number of furan rings is 1. The number of carbonyl (C=O) groups excluding carboxylic acids is 2. The number of aliphatic carboxylic acids is 1. The molecule has 7 nitrogen and oxygen atoms in total. The van der Waals surface area contributed by atoms with E-state index in [1.165, 1.54) is 6.26 Å². The number of rotatable bonds is 3. The molecule has 1 saturated carbocycles. The maximum atomic E-state index is 12.7. The molecule has 0 bridgehead atoms. The second-order valence-corrected chi connectivity index (χ2v) is 6.43. The van der Waals surface area contributed by atoms with Crippen LogP contribution in [0, 0.1) is 11.8 Å². The van der Waals surface area contributed by atoms with Crippen molar-refractivity contribution in [2.75, 3.05) is 26.2 Å². The number of carboxylic acids is 1. The molecule has 0 spiro atoms. The van der Waals surface area contributed by atoms with E-state index in [0.717, 1.165) is 12.8 Å². The molecule has 1 N–H and O–H groups in total. The lowest BCUT2D eigenvalue weighted by Crippen LogP contribution is -2.53. The average molecular weight is 334 g/mol. The Hall–Kier alpha value is -2.31. The van der Waals surface area contributed by atoms with Gasteiger partial charge in [0.25, 0.3) is 5.91 Å². The minimum Gasteiger partial charge on any atom is -0.481 e. The van der Waals surface area contributed by atoms with Gasteiger partial charge >= 0.3 is 5.97 Å². The molecule has 1 aliphatic heterocycles. The lowest BCUT2D eigenvalue weighted by Gasteiger charge is -2.38. The molecule has 2 aliphatic rings. The molecular weight excluding hydrogens is 312 g/mol. The van der Waals surface area contributed by atoms with Crippen molar-refractivity contribution in [3.05, 3.63) is 24.2 Å². The van der Waals surface area contributed by atoms with Gasteiger partial charge in [0, 0.05) is 26.2 Å². The molecule has 1 aromatic rings. The van der Waals surface area contributed by atoms with Gasteiger partial charge in [0.05, 0.1) is 18.1 Å². The van der Waals surface area contributed by atoms with E-state index in [9.17, 15) is 19.5 Å². The fourth-order valence-electron chi connectivity index (χ4n) is 3.64. The molecule has 130 valence electrons. The zero-order chi connectivity index (χ0) is 17.1. The molecule has 0 unspecified atom stereocenters. The Balaban J connectivity index is 1.58. The van der Waals surface area contributed by atoms with Crippen LogP contribution in [0.1, 0.15) is 36.2 Å². The summed E-state index contributed by atoms with van der Waals surface area (Å²) in [6, 6.07) is 3.29. The van der Waals surface area contributed by atoms with Crippen molar-refractivity contribution in [2.24, 2.45) is 11.8 Å².